The van der Waals surface area contributed by atoms with E-state index in [1.54, 1.807) is 6.07 Å². The third kappa shape index (κ3) is 2.67. The summed E-state index contributed by atoms with van der Waals surface area (Å²) in [7, 11) is 0. The molecule has 1 fully saturated rings. The summed E-state index contributed by atoms with van der Waals surface area (Å²) in [5, 5.41) is 10.7. The largest absolute Gasteiger partial charge is 0.479 e. The minimum atomic E-state index is -1.03. The maximum atomic E-state index is 12.1. The Hall–Kier alpha value is -0.920. The van der Waals surface area contributed by atoms with Crippen LogP contribution in [-0.2, 0) is 9.53 Å². The summed E-state index contributed by atoms with van der Waals surface area (Å²) in [5.41, 5.74) is 0. The summed E-state index contributed by atoms with van der Waals surface area (Å²) < 4.78 is 5.81. The number of thiophene rings is 1. The molecule has 17 heavy (non-hydrogen) atoms. The van der Waals surface area contributed by atoms with Gasteiger partial charge >= 0.3 is 5.97 Å². The first-order valence-corrected chi connectivity index (χ1v) is 6.63. The topological polar surface area (TPSA) is 66.8 Å². The van der Waals surface area contributed by atoms with Crippen LogP contribution in [0.5, 0.6) is 0 Å². The number of aliphatic carboxylic acids is 1. The standard InChI is InChI=1S/C10H10BrNO4S/c11-6-1-4-17-8(6)9(13)12-2-3-16-7(5-12)10(14)15/h1,4,7H,2-3,5H2,(H,14,15)/t7-/m1/s1. The molecule has 5 nitrogen and oxygen atoms in total. The molecule has 0 unspecified atom stereocenters. The lowest BCUT2D eigenvalue weighted by Gasteiger charge is -2.30. The molecule has 1 aliphatic rings. The minimum absolute atomic E-state index is 0.0957. The lowest BCUT2D eigenvalue weighted by Crippen LogP contribution is -2.48. The van der Waals surface area contributed by atoms with E-state index >= 15 is 0 Å². The molecule has 1 aromatic heterocycles. The van der Waals surface area contributed by atoms with E-state index in [0.717, 1.165) is 4.47 Å². The van der Waals surface area contributed by atoms with Gasteiger partial charge in [-0.15, -0.1) is 11.3 Å². The number of carboxylic acid groups (broad SMARTS) is 1. The van der Waals surface area contributed by atoms with Crippen molar-refractivity contribution in [3.05, 3.63) is 20.8 Å². The van der Waals surface area contributed by atoms with Gasteiger partial charge in [0.2, 0.25) is 0 Å². The third-order valence-electron chi connectivity index (χ3n) is 2.44. The summed E-state index contributed by atoms with van der Waals surface area (Å²) >= 11 is 4.63. The van der Waals surface area contributed by atoms with Crippen molar-refractivity contribution >= 4 is 39.1 Å². The van der Waals surface area contributed by atoms with Crippen LogP contribution >= 0.6 is 27.3 Å². The Morgan fingerprint density at radius 1 is 1.59 bits per heavy atom. The Bertz CT molecular complexity index is 447. The average molecular weight is 320 g/mol. The van der Waals surface area contributed by atoms with Crippen molar-refractivity contribution in [1.82, 2.24) is 4.90 Å². The van der Waals surface area contributed by atoms with Gasteiger partial charge in [-0.2, -0.15) is 0 Å². The predicted molar refractivity (Wildman–Crippen MR) is 65.3 cm³/mol. The van der Waals surface area contributed by atoms with Gasteiger partial charge in [-0.25, -0.2) is 4.79 Å². The van der Waals surface area contributed by atoms with Gasteiger partial charge in [-0.3, -0.25) is 4.79 Å². The second-order valence-corrected chi connectivity index (χ2v) is 5.32. The highest BCUT2D eigenvalue weighted by Gasteiger charge is 2.30. The van der Waals surface area contributed by atoms with Crippen molar-refractivity contribution in [2.75, 3.05) is 19.7 Å². The van der Waals surface area contributed by atoms with Crippen LogP contribution in [0.2, 0.25) is 0 Å². The normalized spacial score (nSPS) is 20.3. The van der Waals surface area contributed by atoms with E-state index in [4.69, 9.17) is 9.84 Å². The molecule has 0 radical (unpaired) electrons. The van der Waals surface area contributed by atoms with E-state index < -0.39 is 12.1 Å². The molecule has 1 aromatic rings. The molecule has 1 N–H and O–H groups in total. The summed E-state index contributed by atoms with van der Waals surface area (Å²) in [5.74, 6) is -1.19. The van der Waals surface area contributed by atoms with Crippen LogP contribution in [0.15, 0.2) is 15.9 Å². The third-order valence-corrected chi connectivity index (χ3v) is 4.27. The van der Waals surface area contributed by atoms with E-state index in [0.29, 0.717) is 11.4 Å². The molecular formula is C10H10BrNO4S. The Morgan fingerprint density at radius 3 is 2.94 bits per heavy atom. The Labute approximate surface area is 110 Å². The van der Waals surface area contributed by atoms with Crippen LogP contribution in [0.4, 0.5) is 0 Å². The number of morpholine rings is 1. The van der Waals surface area contributed by atoms with Gasteiger partial charge in [0, 0.05) is 11.0 Å². The van der Waals surface area contributed by atoms with Crippen molar-refractivity contribution in [3.63, 3.8) is 0 Å². The molecule has 1 saturated heterocycles. The van der Waals surface area contributed by atoms with E-state index in [1.807, 2.05) is 5.38 Å². The van der Waals surface area contributed by atoms with Crippen molar-refractivity contribution in [3.8, 4) is 0 Å². The smallest absolute Gasteiger partial charge is 0.334 e. The number of amides is 1. The first kappa shape index (κ1) is 12.5. The van der Waals surface area contributed by atoms with Crippen LogP contribution in [0, 0.1) is 0 Å². The number of ether oxygens (including phenoxy) is 1. The number of carbonyl (C=O) groups is 2. The quantitative estimate of drug-likeness (QED) is 0.895. The number of carboxylic acids is 1. The molecule has 0 aliphatic carbocycles. The monoisotopic (exact) mass is 319 g/mol. The fourth-order valence-corrected chi connectivity index (χ4v) is 3.08. The first-order valence-electron chi connectivity index (χ1n) is 4.96. The van der Waals surface area contributed by atoms with Crippen LogP contribution in [0.25, 0.3) is 0 Å². The predicted octanol–water partition coefficient (Wildman–Crippen LogP) is 1.44. The Balaban J connectivity index is 2.10. The lowest BCUT2D eigenvalue weighted by molar-refractivity contribution is -0.154. The molecule has 0 aromatic carbocycles. The van der Waals surface area contributed by atoms with Crippen LogP contribution in [0.1, 0.15) is 9.67 Å². The second kappa shape index (κ2) is 5.16. The van der Waals surface area contributed by atoms with Gasteiger partial charge in [0.05, 0.1) is 13.2 Å². The molecular weight excluding hydrogens is 310 g/mol. The van der Waals surface area contributed by atoms with Crippen molar-refractivity contribution in [1.29, 1.82) is 0 Å². The average Bonchev–Trinajstić information content (AvgIpc) is 2.74. The SMILES string of the molecule is O=C(O)[C@H]1CN(C(=O)c2sccc2Br)CCO1. The first-order chi connectivity index (χ1) is 8.09. The highest BCUT2D eigenvalue weighted by molar-refractivity contribution is 9.10. The van der Waals surface area contributed by atoms with Gasteiger partial charge in [-0.1, -0.05) is 0 Å². The van der Waals surface area contributed by atoms with Crippen LogP contribution in [-0.4, -0.2) is 47.7 Å². The molecule has 0 bridgehead atoms. The number of hydrogen-bond donors (Lipinski definition) is 1. The van der Waals surface area contributed by atoms with Crippen molar-refractivity contribution in [2.45, 2.75) is 6.10 Å². The fraction of sp³-hybridized carbons (Fsp3) is 0.400. The van der Waals surface area contributed by atoms with Gasteiger partial charge in [0.25, 0.3) is 5.91 Å². The molecule has 0 spiro atoms. The van der Waals surface area contributed by atoms with E-state index in [-0.39, 0.29) is 19.1 Å². The van der Waals surface area contributed by atoms with E-state index in [1.165, 1.54) is 16.2 Å². The van der Waals surface area contributed by atoms with Gasteiger partial charge in [-0.05, 0) is 27.4 Å². The molecule has 1 atom stereocenters. The molecule has 1 aliphatic heterocycles. The van der Waals surface area contributed by atoms with Crippen LogP contribution in [0.3, 0.4) is 0 Å². The Kier molecular flexibility index (Phi) is 3.80. The lowest BCUT2D eigenvalue weighted by atomic mass is 10.2. The zero-order valence-corrected chi connectivity index (χ0v) is 11.2. The van der Waals surface area contributed by atoms with Gasteiger partial charge in [0.15, 0.2) is 6.10 Å². The number of hydrogen-bond acceptors (Lipinski definition) is 4. The van der Waals surface area contributed by atoms with Gasteiger partial charge < -0.3 is 14.7 Å². The molecule has 7 heteroatoms. The van der Waals surface area contributed by atoms with Gasteiger partial charge in [0.1, 0.15) is 4.88 Å². The zero-order chi connectivity index (χ0) is 12.4. The molecule has 2 heterocycles. The van der Waals surface area contributed by atoms with Crippen LogP contribution < -0.4 is 0 Å². The second-order valence-electron chi connectivity index (χ2n) is 3.55. The molecule has 1 amide bonds. The number of halogens is 1. The Morgan fingerprint density at radius 2 is 2.35 bits per heavy atom. The summed E-state index contributed by atoms with van der Waals surface area (Å²) in [6.07, 6.45) is -0.925. The minimum Gasteiger partial charge on any atom is -0.479 e. The highest BCUT2D eigenvalue weighted by atomic mass is 79.9. The fourth-order valence-electron chi connectivity index (χ4n) is 1.57. The highest BCUT2D eigenvalue weighted by Crippen LogP contribution is 2.24. The summed E-state index contributed by atoms with van der Waals surface area (Å²) in [6, 6.07) is 1.80. The molecule has 92 valence electrons. The number of nitrogens with zero attached hydrogens (tertiary/aromatic N) is 1. The molecule has 0 saturated carbocycles. The summed E-state index contributed by atoms with van der Waals surface area (Å²) in [6.45, 7) is 0.775. The number of carbonyl (C=O) groups excluding carboxylic acids is 1. The summed E-state index contributed by atoms with van der Waals surface area (Å²) in [4.78, 5) is 25.0. The van der Waals surface area contributed by atoms with Crippen molar-refractivity contribution in [2.24, 2.45) is 0 Å². The van der Waals surface area contributed by atoms with E-state index in [2.05, 4.69) is 15.9 Å². The molecule has 2 rings (SSSR count). The van der Waals surface area contributed by atoms with E-state index in [9.17, 15) is 9.59 Å². The maximum Gasteiger partial charge on any atom is 0.334 e. The van der Waals surface area contributed by atoms with Crippen molar-refractivity contribution < 1.29 is 19.4 Å². The number of rotatable bonds is 2. The zero-order valence-electron chi connectivity index (χ0n) is 8.76. The maximum absolute atomic E-state index is 12.1.